The van der Waals surface area contributed by atoms with Gasteiger partial charge in [0.1, 0.15) is 18.1 Å². The van der Waals surface area contributed by atoms with E-state index in [0.717, 1.165) is 6.20 Å². The van der Waals surface area contributed by atoms with E-state index in [4.69, 9.17) is 9.47 Å². The smallest absolute Gasteiger partial charge is 0.387 e. The number of hydrogen-bond acceptors (Lipinski definition) is 7. The molecule has 1 aromatic heterocycles. The summed E-state index contributed by atoms with van der Waals surface area (Å²) >= 11 is 0. The lowest BCUT2D eigenvalue weighted by Gasteiger charge is -2.15. The number of fused-ring (bicyclic) bond motifs is 1. The summed E-state index contributed by atoms with van der Waals surface area (Å²) in [4.78, 5) is 14.2. The Hall–Kier alpha value is -3.64. The molecule has 0 spiro atoms. The second-order valence-corrected chi connectivity index (χ2v) is 5.76. The first-order chi connectivity index (χ1) is 14.0. The van der Waals surface area contributed by atoms with Gasteiger partial charge in [-0.2, -0.15) is 13.9 Å². The largest absolute Gasteiger partial charge is 0.454 e. The lowest BCUT2D eigenvalue weighted by atomic mass is 10.1. The maximum absolute atomic E-state index is 12.7. The zero-order valence-corrected chi connectivity index (χ0v) is 15.3. The van der Waals surface area contributed by atoms with Crippen LogP contribution in [0, 0.1) is 10.1 Å². The molecule has 13 heteroatoms. The molecule has 2 N–H and O–H groups in total. The number of halogens is 2. The molecule has 29 heavy (non-hydrogen) atoms. The van der Waals surface area contributed by atoms with Gasteiger partial charge in [0.15, 0.2) is 17.5 Å². The van der Waals surface area contributed by atoms with Gasteiger partial charge in [-0.15, -0.1) is 0 Å². The summed E-state index contributed by atoms with van der Waals surface area (Å²) in [6.45, 7) is -2.11. The number of benzene rings is 1. The fraction of sp³-hybridized carbons (Fsp3) is 0.375. The predicted molar refractivity (Wildman–Crippen MR) is 96.3 cm³/mol. The van der Waals surface area contributed by atoms with Crippen molar-refractivity contribution in [3.63, 3.8) is 0 Å². The van der Waals surface area contributed by atoms with Gasteiger partial charge in [-0.3, -0.25) is 19.8 Å². The molecule has 1 aliphatic rings. The molecule has 0 radical (unpaired) electrons. The van der Waals surface area contributed by atoms with Gasteiger partial charge in [-0.25, -0.2) is 0 Å². The van der Waals surface area contributed by atoms with Gasteiger partial charge in [-0.05, 0) is 6.07 Å². The topological polar surface area (TPSA) is 125 Å². The first-order valence-corrected chi connectivity index (χ1v) is 8.45. The molecule has 1 aliphatic heterocycles. The Labute approximate surface area is 163 Å². The summed E-state index contributed by atoms with van der Waals surface area (Å²) in [7, 11) is 1.55. The number of ether oxygens (including phenoxy) is 3. The van der Waals surface area contributed by atoms with Crippen LogP contribution < -0.4 is 24.8 Å². The predicted octanol–water partition coefficient (Wildman–Crippen LogP) is 1.49. The van der Waals surface area contributed by atoms with Gasteiger partial charge in [0.05, 0.1) is 11.5 Å². The number of nitro groups is 1. The van der Waals surface area contributed by atoms with Crippen LogP contribution in [-0.4, -0.2) is 47.7 Å². The molecule has 0 unspecified atom stereocenters. The van der Waals surface area contributed by atoms with Crippen molar-refractivity contribution in [3.8, 4) is 17.2 Å². The third-order valence-electron chi connectivity index (χ3n) is 3.91. The van der Waals surface area contributed by atoms with Crippen LogP contribution >= 0.6 is 0 Å². The van der Waals surface area contributed by atoms with E-state index in [2.05, 4.69) is 25.5 Å². The number of hydrogen-bond donors (Lipinski definition) is 2. The van der Waals surface area contributed by atoms with Crippen LogP contribution in [0.4, 0.5) is 14.5 Å². The Morgan fingerprint density at radius 3 is 2.83 bits per heavy atom. The highest BCUT2D eigenvalue weighted by molar-refractivity contribution is 5.79. The van der Waals surface area contributed by atoms with Crippen LogP contribution in [0.5, 0.6) is 17.2 Å². The Morgan fingerprint density at radius 2 is 2.17 bits per heavy atom. The number of alkyl halides is 2. The van der Waals surface area contributed by atoms with Crippen LogP contribution in [-0.2, 0) is 13.1 Å². The normalized spacial score (nSPS) is 12.9. The van der Waals surface area contributed by atoms with Gasteiger partial charge >= 0.3 is 12.3 Å². The highest BCUT2D eigenvalue weighted by Gasteiger charge is 2.20. The van der Waals surface area contributed by atoms with Gasteiger partial charge in [0.2, 0.25) is 6.79 Å². The van der Waals surface area contributed by atoms with Crippen molar-refractivity contribution in [2.45, 2.75) is 19.7 Å². The maximum Gasteiger partial charge on any atom is 0.387 e. The van der Waals surface area contributed by atoms with Crippen molar-refractivity contribution in [2.24, 2.45) is 4.99 Å². The fourth-order valence-electron chi connectivity index (χ4n) is 2.57. The number of nitrogens with zero attached hydrogens (tertiary/aromatic N) is 4. The second kappa shape index (κ2) is 9.03. The van der Waals surface area contributed by atoms with Crippen molar-refractivity contribution < 1.29 is 27.9 Å². The lowest BCUT2D eigenvalue weighted by molar-refractivity contribution is -0.385. The van der Waals surface area contributed by atoms with E-state index in [-0.39, 0.29) is 24.8 Å². The molecule has 156 valence electrons. The molecule has 0 aliphatic carbocycles. The lowest BCUT2D eigenvalue weighted by Crippen LogP contribution is -2.38. The van der Waals surface area contributed by atoms with Crippen molar-refractivity contribution in [3.05, 3.63) is 40.2 Å². The van der Waals surface area contributed by atoms with Crippen LogP contribution in [0.1, 0.15) is 5.56 Å². The molecule has 11 nitrogen and oxygen atoms in total. The summed E-state index contributed by atoms with van der Waals surface area (Å²) in [6, 6.07) is 2.91. The molecule has 1 aromatic carbocycles. The standard InChI is InChI=1S/C16H18F2N6O5/c1-19-16(20-2-3-23-8-11(7-22-23)24(25)26)21-6-10-4-13-14(28-9-27-13)5-12(10)29-15(17)18/h4-5,7-8,15H,2-3,6,9H2,1H3,(H2,19,20,21). The molecular formula is C16H18F2N6O5. The monoisotopic (exact) mass is 412 g/mol. The Morgan fingerprint density at radius 1 is 1.41 bits per heavy atom. The van der Waals surface area contributed by atoms with Gasteiger partial charge in [0, 0.05) is 31.8 Å². The minimum Gasteiger partial charge on any atom is -0.454 e. The minimum absolute atomic E-state index is 0.00908. The zero-order chi connectivity index (χ0) is 20.8. The molecule has 2 aromatic rings. The molecule has 0 atom stereocenters. The Kier molecular flexibility index (Phi) is 6.26. The fourth-order valence-corrected chi connectivity index (χ4v) is 2.57. The zero-order valence-electron chi connectivity index (χ0n) is 15.3. The number of nitrogens with one attached hydrogen (secondary N) is 2. The average Bonchev–Trinajstić information content (AvgIpc) is 3.33. The third kappa shape index (κ3) is 5.21. The molecule has 0 amide bonds. The molecule has 2 heterocycles. The molecule has 0 saturated carbocycles. The third-order valence-corrected chi connectivity index (χ3v) is 3.91. The van der Waals surface area contributed by atoms with Crippen molar-refractivity contribution in [1.82, 2.24) is 20.4 Å². The van der Waals surface area contributed by atoms with Crippen molar-refractivity contribution in [1.29, 1.82) is 0 Å². The first-order valence-electron chi connectivity index (χ1n) is 8.45. The van der Waals surface area contributed by atoms with Gasteiger partial charge < -0.3 is 24.8 Å². The highest BCUT2D eigenvalue weighted by atomic mass is 19.3. The number of guanidine groups is 1. The van der Waals surface area contributed by atoms with E-state index in [1.54, 1.807) is 13.1 Å². The van der Waals surface area contributed by atoms with Crippen LogP contribution in [0.2, 0.25) is 0 Å². The van der Waals surface area contributed by atoms with E-state index in [0.29, 0.717) is 36.1 Å². The van der Waals surface area contributed by atoms with E-state index in [1.807, 2.05) is 0 Å². The summed E-state index contributed by atoms with van der Waals surface area (Å²) in [6.07, 6.45) is 2.48. The number of rotatable bonds is 8. The molecule has 0 saturated heterocycles. The number of aliphatic imine (C=N–C) groups is 1. The van der Waals surface area contributed by atoms with Gasteiger partial charge in [0.25, 0.3) is 0 Å². The van der Waals surface area contributed by atoms with E-state index >= 15 is 0 Å². The minimum atomic E-state index is -2.98. The average molecular weight is 412 g/mol. The van der Waals surface area contributed by atoms with E-state index in [1.165, 1.54) is 16.9 Å². The van der Waals surface area contributed by atoms with Crippen molar-refractivity contribution in [2.75, 3.05) is 20.4 Å². The van der Waals surface area contributed by atoms with Gasteiger partial charge in [-0.1, -0.05) is 0 Å². The SMILES string of the molecule is CN=C(NCCn1cc([N+](=O)[O-])cn1)NCc1cc2c(cc1OC(F)F)OCO2. The molecule has 3 rings (SSSR count). The first kappa shape index (κ1) is 20.1. The quantitative estimate of drug-likeness (QED) is 0.289. The van der Waals surface area contributed by atoms with Crippen LogP contribution in [0.3, 0.4) is 0 Å². The highest BCUT2D eigenvalue weighted by Crippen LogP contribution is 2.38. The summed E-state index contributed by atoms with van der Waals surface area (Å²) < 4.78 is 41.8. The van der Waals surface area contributed by atoms with Crippen LogP contribution in [0.15, 0.2) is 29.5 Å². The molecular weight excluding hydrogens is 394 g/mol. The van der Waals surface area contributed by atoms with Crippen molar-refractivity contribution >= 4 is 11.6 Å². The molecule has 0 bridgehead atoms. The van der Waals surface area contributed by atoms with E-state index < -0.39 is 11.5 Å². The Balaban J connectivity index is 1.56. The number of aromatic nitrogens is 2. The summed E-state index contributed by atoms with van der Waals surface area (Å²) in [5.74, 6) is 1.13. The maximum atomic E-state index is 12.7. The summed E-state index contributed by atoms with van der Waals surface area (Å²) in [5, 5.41) is 20.5. The van der Waals surface area contributed by atoms with E-state index in [9.17, 15) is 18.9 Å². The second-order valence-electron chi connectivity index (χ2n) is 5.76. The molecule has 0 fully saturated rings. The van der Waals surface area contributed by atoms with Crippen LogP contribution in [0.25, 0.3) is 0 Å². The Bertz CT molecular complexity index is 904. The summed E-state index contributed by atoms with van der Waals surface area (Å²) in [5.41, 5.74) is 0.335.